The first kappa shape index (κ1) is 10.3. The summed E-state index contributed by atoms with van der Waals surface area (Å²) in [5.74, 6) is 0.302. The number of nitrogens with zero attached hydrogens (tertiary/aromatic N) is 3. The predicted octanol–water partition coefficient (Wildman–Crippen LogP) is -0.631. The van der Waals surface area contributed by atoms with Gasteiger partial charge in [-0.2, -0.15) is 0 Å². The molecule has 5 heteroatoms. The molecule has 0 amide bonds. The minimum Gasteiger partial charge on any atom is -0.409 e. The van der Waals surface area contributed by atoms with Gasteiger partial charge in [0.05, 0.1) is 6.04 Å². The van der Waals surface area contributed by atoms with Crippen molar-refractivity contribution in [2.24, 2.45) is 10.9 Å². The monoisotopic (exact) mass is 186 g/mol. The molecule has 5 nitrogen and oxygen atoms in total. The highest BCUT2D eigenvalue weighted by Crippen LogP contribution is 2.06. The minimum absolute atomic E-state index is 0.0394. The number of hydrogen-bond acceptors (Lipinski definition) is 4. The number of likely N-dealkylation sites (N-methyl/N-ethyl adjacent to an activating group) is 2. The molecule has 0 spiro atoms. The summed E-state index contributed by atoms with van der Waals surface area (Å²) in [6.07, 6.45) is 1.13. The van der Waals surface area contributed by atoms with Crippen molar-refractivity contribution in [3.05, 3.63) is 0 Å². The largest absolute Gasteiger partial charge is 0.409 e. The number of nitrogens with two attached hydrogens (primary N) is 1. The lowest BCUT2D eigenvalue weighted by molar-refractivity contribution is 0.262. The van der Waals surface area contributed by atoms with Crippen molar-refractivity contribution >= 4 is 5.84 Å². The molecule has 1 saturated heterocycles. The van der Waals surface area contributed by atoms with E-state index in [1.54, 1.807) is 0 Å². The van der Waals surface area contributed by atoms with Crippen LogP contribution in [0.5, 0.6) is 0 Å². The van der Waals surface area contributed by atoms with E-state index in [1.165, 1.54) is 0 Å². The van der Waals surface area contributed by atoms with Crippen LogP contribution in [0, 0.1) is 0 Å². The van der Waals surface area contributed by atoms with Crippen LogP contribution in [0.4, 0.5) is 0 Å². The molecule has 3 N–H and O–H groups in total. The van der Waals surface area contributed by atoms with Gasteiger partial charge in [-0.05, 0) is 33.6 Å². The molecule has 13 heavy (non-hydrogen) atoms. The normalized spacial score (nSPS) is 28.8. The van der Waals surface area contributed by atoms with Crippen molar-refractivity contribution in [2.75, 3.05) is 33.7 Å². The van der Waals surface area contributed by atoms with E-state index in [2.05, 4.69) is 22.0 Å². The van der Waals surface area contributed by atoms with E-state index in [4.69, 9.17) is 10.9 Å². The van der Waals surface area contributed by atoms with Gasteiger partial charge in [0.1, 0.15) is 0 Å². The van der Waals surface area contributed by atoms with Gasteiger partial charge in [0, 0.05) is 6.54 Å². The van der Waals surface area contributed by atoms with Crippen LogP contribution in [0.3, 0.4) is 0 Å². The summed E-state index contributed by atoms with van der Waals surface area (Å²) < 4.78 is 0. The van der Waals surface area contributed by atoms with Crippen LogP contribution in [-0.4, -0.2) is 60.6 Å². The van der Waals surface area contributed by atoms with E-state index < -0.39 is 0 Å². The lowest BCUT2D eigenvalue weighted by atomic mass is 10.2. The quantitative estimate of drug-likeness (QED) is 0.248. The summed E-state index contributed by atoms with van der Waals surface area (Å²) in [5.41, 5.74) is 5.60. The highest BCUT2D eigenvalue weighted by Gasteiger charge is 2.23. The molecule has 0 radical (unpaired) electrons. The lowest BCUT2D eigenvalue weighted by Crippen LogP contribution is -2.47. The maximum absolute atomic E-state index is 8.60. The predicted molar refractivity (Wildman–Crippen MR) is 51.9 cm³/mol. The highest BCUT2D eigenvalue weighted by molar-refractivity contribution is 5.85. The molecule has 1 fully saturated rings. The topological polar surface area (TPSA) is 65.1 Å². The average molecular weight is 186 g/mol. The molecule has 0 saturated carbocycles. The van der Waals surface area contributed by atoms with Gasteiger partial charge in [-0.15, -0.1) is 0 Å². The Morgan fingerprint density at radius 2 is 2.15 bits per heavy atom. The Bertz CT molecular complexity index is 195. The summed E-state index contributed by atoms with van der Waals surface area (Å²) in [4.78, 5) is 4.32. The molecule has 1 aliphatic rings. The van der Waals surface area contributed by atoms with Gasteiger partial charge >= 0.3 is 0 Å². The van der Waals surface area contributed by atoms with E-state index in [0.717, 1.165) is 26.1 Å². The second-order valence-corrected chi connectivity index (χ2v) is 3.64. The molecule has 1 atom stereocenters. The number of rotatable bonds is 1. The van der Waals surface area contributed by atoms with E-state index in [9.17, 15) is 0 Å². The Balaban J connectivity index is 2.67. The van der Waals surface area contributed by atoms with E-state index in [1.807, 2.05) is 7.05 Å². The fourth-order valence-corrected chi connectivity index (χ4v) is 1.66. The molecule has 0 aromatic heterocycles. The third kappa shape index (κ3) is 2.57. The van der Waals surface area contributed by atoms with Crippen molar-refractivity contribution in [1.29, 1.82) is 0 Å². The first-order valence-electron chi connectivity index (χ1n) is 4.51. The molecule has 1 heterocycles. The van der Waals surface area contributed by atoms with Gasteiger partial charge in [0.15, 0.2) is 5.84 Å². The van der Waals surface area contributed by atoms with Crippen molar-refractivity contribution in [1.82, 2.24) is 9.80 Å². The van der Waals surface area contributed by atoms with Crippen LogP contribution in [0.1, 0.15) is 6.42 Å². The van der Waals surface area contributed by atoms with E-state index in [-0.39, 0.29) is 6.04 Å². The van der Waals surface area contributed by atoms with Gasteiger partial charge in [-0.3, -0.25) is 4.90 Å². The molecule has 0 aromatic rings. The zero-order valence-electron chi connectivity index (χ0n) is 8.27. The maximum atomic E-state index is 8.60. The van der Waals surface area contributed by atoms with Crippen LogP contribution >= 0.6 is 0 Å². The van der Waals surface area contributed by atoms with Crippen molar-refractivity contribution in [3.63, 3.8) is 0 Å². The Kier molecular flexibility index (Phi) is 3.50. The molecule has 0 bridgehead atoms. The van der Waals surface area contributed by atoms with Gasteiger partial charge in [-0.25, -0.2) is 0 Å². The summed E-state index contributed by atoms with van der Waals surface area (Å²) in [5, 5.41) is 11.7. The molecule has 76 valence electrons. The zero-order valence-corrected chi connectivity index (χ0v) is 8.27. The van der Waals surface area contributed by atoms with Crippen LogP contribution in [-0.2, 0) is 0 Å². The zero-order chi connectivity index (χ0) is 9.84. The van der Waals surface area contributed by atoms with Gasteiger partial charge < -0.3 is 15.8 Å². The number of hydrogen-bond donors (Lipinski definition) is 2. The smallest absolute Gasteiger partial charge is 0.157 e. The van der Waals surface area contributed by atoms with Crippen LogP contribution in [0.15, 0.2) is 5.16 Å². The van der Waals surface area contributed by atoms with E-state index in [0.29, 0.717) is 5.84 Å². The third-order valence-corrected chi connectivity index (χ3v) is 2.52. The van der Waals surface area contributed by atoms with E-state index >= 15 is 0 Å². The van der Waals surface area contributed by atoms with Crippen molar-refractivity contribution < 1.29 is 5.21 Å². The first-order valence-corrected chi connectivity index (χ1v) is 4.51. The maximum Gasteiger partial charge on any atom is 0.157 e. The van der Waals surface area contributed by atoms with Crippen molar-refractivity contribution in [2.45, 2.75) is 12.5 Å². The average Bonchev–Trinajstić information content (AvgIpc) is 2.27. The van der Waals surface area contributed by atoms with Crippen molar-refractivity contribution in [3.8, 4) is 0 Å². The van der Waals surface area contributed by atoms with Gasteiger partial charge in [0.2, 0.25) is 0 Å². The summed E-state index contributed by atoms with van der Waals surface area (Å²) in [6, 6.07) is 0.0394. The van der Waals surface area contributed by atoms with Crippen LogP contribution in [0.25, 0.3) is 0 Å². The Hall–Kier alpha value is -0.810. The second kappa shape index (κ2) is 4.43. The molecule has 1 aliphatic heterocycles. The molecule has 1 unspecified atom stereocenters. The molecule has 0 aliphatic carbocycles. The Morgan fingerprint density at radius 1 is 1.46 bits per heavy atom. The fourth-order valence-electron chi connectivity index (χ4n) is 1.66. The highest BCUT2D eigenvalue weighted by atomic mass is 16.4. The first-order chi connectivity index (χ1) is 6.15. The van der Waals surface area contributed by atoms with Gasteiger partial charge in [0.25, 0.3) is 0 Å². The summed E-state index contributed by atoms with van der Waals surface area (Å²) >= 11 is 0. The number of amidine groups is 1. The molecular formula is C8H18N4O. The molecule has 1 rings (SSSR count). The Labute approximate surface area is 78.8 Å². The number of oxime groups is 1. The molecular weight excluding hydrogens is 168 g/mol. The summed E-state index contributed by atoms with van der Waals surface area (Å²) in [6.45, 7) is 2.89. The van der Waals surface area contributed by atoms with Gasteiger partial charge in [-0.1, -0.05) is 5.16 Å². The standard InChI is InChI=1S/C8H18N4O/c1-11-4-3-5-12(2)7(6-11)8(9)10-13/h7,13H,3-6H2,1-2H3,(H2,9,10). The molecule has 0 aromatic carbocycles. The SMILES string of the molecule is CN1CCCN(C)C(/C(N)=N/O)C1. The Morgan fingerprint density at radius 3 is 2.77 bits per heavy atom. The fraction of sp³-hybridized carbons (Fsp3) is 0.875. The van der Waals surface area contributed by atoms with Crippen LogP contribution < -0.4 is 5.73 Å². The lowest BCUT2D eigenvalue weighted by Gasteiger charge is -2.25. The third-order valence-electron chi connectivity index (χ3n) is 2.52. The minimum atomic E-state index is 0.0394. The van der Waals surface area contributed by atoms with Crippen LogP contribution in [0.2, 0.25) is 0 Å². The second-order valence-electron chi connectivity index (χ2n) is 3.64. The summed E-state index contributed by atoms with van der Waals surface area (Å²) in [7, 11) is 4.05.